The first kappa shape index (κ1) is 23.7. The lowest BCUT2D eigenvalue weighted by molar-refractivity contribution is -0.237. The van der Waals surface area contributed by atoms with Crippen molar-refractivity contribution in [1.82, 2.24) is 4.57 Å². The highest BCUT2D eigenvalue weighted by Crippen LogP contribution is 2.49. The van der Waals surface area contributed by atoms with Crippen LogP contribution in [0.2, 0.25) is 5.02 Å². The van der Waals surface area contributed by atoms with E-state index in [2.05, 4.69) is 0 Å². The lowest BCUT2D eigenvalue weighted by atomic mass is 10.1. The quantitative estimate of drug-likeness (QED) is 0.294. The van der Waals surface area contributed by atoms with Crippen LogP contribution in [0.5, 0.6) is 5.75 Å². The SMILES string of the molecule is COc1cc2c(CC(=O)O)c(C)n(Cc3csc(SC(F)(F)C(F)(F)F)c3)c2cc1Cl. The number of carboxylic acids is 1. The summed E-state index contributed by atoms with van der Waals surface area (Å²) < 4.78 is 70.8. The Kier molecular flexibility index (Phi) is 6.50. The minimum atomic E-state index is -5.66. The zero-order chi connectivity index (χ0) is 23.1. The van der Waals surface area contributed by atoms with Crippen LogP contribution in [-0.2, 0) is 17.8 Å². The maximum Gasteiger partial charge on any atom is 0.464 e. The summed E-state index contributed by atoms with van der Waals surface area (Å²) >= 11 is 6.45. The Hall–Kier alpha value is -1.98. The van der Waals surface area contributed by atoms with Crippen molar-refractivity contribution in [2.24, 2.45) is 0 Å². The van der Waals surface area contributed by atoms with Gasteiger partial charge in [0.15, 0.2) is 0 Å². The molecule has 0 radical (unpaired) electrons. The Morgan fingerprint density at radius 3 is 2.52 bits per heavy atom. The van der Waals surface area contributed by atoms with Gasteiger partial charge >= 0.3 is 17.4 Å². The Balaban J connectivity index is 2.00. The molecule has 0 atom stereocenters. The molecule has 3 aromatic rings. The molecule has 0 amide bonds. The van der Waals surface area contributed by atoms with Crippen molar-refractivity contribution in [3.8, 4) is 5.75 Å². The minimum Gasteiger partial charge on any atom is -0.495 e. The molecule has 0 saturated carbocycles. The molecule has 4 nitrogen and oxygen atoms in total. The molecule has 2 aromatic heterocycles. The second-order valence-corrected chi connectivity index (χ2v) is 9.35. The molecule has 0 unspecified atom stereocenters. The number of hydrogen-bond acceptors (Lipinski definition) is 4. The van der Waals surface area contributed by atoms with Crippen LogP contribution in [0, 0.1) is 6.92 Å². The maximum absolute atomic E-state index is 13.3. The van der Waals surface area contributed by atoms with Crippen LogP contribution in [0.3, 0.4) is 0 Å². The fraction of sp³-hybridized carbons (Fsp3) is 0.316. The van der Waals surface area contributed by atoms with E-state index in [4.69, 9.17) is 16.3 Å². The standard InChI is InChI=1S/C19H15ClF5NO3S2/c1-9-11(5-16(27)28)12-4-15(29-2)13(20)6-14(12)26(9)7-10-3-17(30-8-10)31-19(24,25)18(21,22)23/h3-4,6,8H,5,7H2,1-2H3,(H,27,28). The highest BCUT2D eigenvalue weighted by molar-refractivity contribution is 8.02. The summed E-state index contributed by atoms with van der Waals surface area (Å²) in [7, 11) is 1.43. The van der Waals surface area contributed by atoms with E-state index < -0.39 is 29.2 Å². The Labute approximate surface area is 186 Å². The zero-order valence-electron chi connectivity index (χ0n) is 16.0. The Morgan fingerprint density at radius 2 is 1.94 bits per heavy atom. The number of thioether (sulfide) groups is 1. The van der Waals surface area contributed by atoms with E-state index in [-0.39, 0.29) is 17.2 Å². The molecule has 0 saturated heterocycles. The molecular formula is C19H15ClF5NO3S2. The third-order valence-corrected chi connectivity index (χ3v) is 7.00. The molecule has 3 rings (SSSR count). The van der Waals surface area contributed by atoms with Crippen molar-refractivity contribution in [2.75, 3.05) is 7.11 Å². The summed E-state index contributed by atoms with van der Waals surface area (Å²) in [6.45, 7) is 1.84. The number of thiophene rings is 1. The van der Waals surface area contributed by atoms with E-state index >= 15 is 0 Å². The number of methoxy groups -OCH3 is 1. The molecule has 0 spiro atoms. The van der Waals surface area contributed by atoms with Crippen LogP contribution < -0.4 is 4.74 Å². The zero-order valence-corrected chi connectivity index (χ0v) is 18.4. The molecule has 0 aliphatic heterocycles. The van der Waals surface area contributed by atoms with E-state index in [0.717, 1.165) is 11.3 Å². The van der Waals surface area contributed by atoms with Gasteiger partial charge in [0.05, 0.1) is 28.3 Å². The van der Waals surface area contributed by atoms with Crippen molar-refractivity contribution in [2.45, 2.75) is 35.5 Å². The number of ether oxygens (including phenoxy) is 1. The summed E-state index contributed by atoms with van der Waals surface area (Å²) in [4.78, 5) is 11.3. The highest BCUT2D eigenvalue weighted by Gasteiger charge is 2.58. The summed E-state index contributed by atoms with van der Waals surface area (Å²) in [6.07, 6.45) is -5.92. The summed E-state index contributed by atoms with van der Waals surface area (Å²) in [5.74, 6) is -0.679. The second kappa shape index (κ2) is 8.51. The van der Waals surface area contributed by atoms with Gasteiger partial charge < -0.3 is 14.4 Å². The predicted molar refractivity (Wildman–Crippen MR) is 110 cm³/mol. The molecule has 0 bridgehead atoms. The van der Waals surface area contributed by atoms with Gasteiger partial charge in [-0.2, -0.15) is 22.0 Å². The summed E-state index contributed by atoms with van der Waals surface area (Å²) in [5.41, 5.74) is 2.24. The monoisotopic (exact) mass is 499 g/mol. The van der Waals surface area contributed by atoms with Gasteiger partial charge in [-0.25, -0.2) is 0 Å². The predicted octanol–water partition coefficient (Wildman–Crippen LogP) is 6.60. The molecule has 31 heavy (non-hydrogen) atoms. The van der Waals surface area contributed by atoms with Gasteiger partial charge in [-0.1, -0.05) is 11.6 Å². The van der Waals surface area contributed by atoms with E-state index in [1.54, 1.807) is 23.6 Å². The topological polar surface area (TPSA) is 51.5 Å². The van der Waals surface area contributed by atoms with Crippen LogP contribution in [0.4, 0.5) is 22.0 Å². The number of nitrogens with zero attached hydrogens (tertiary/aromatic N) is 1. The van der Waals surface area contributed by atoms with Gasteiger partial charge in [-0.15, -0.1) is 11.3 Å². The van der Waals surface area contributed by atoms with E-state index in [9.17, 15) is 31.9 Å². The minimum absolute atomic E-state index is 0.138. The number of benzene rings is 1. The maximum atomic E-state index is 13.3. The van der Waals surface area contributed by atoms with Gasteiger partial charge in [-0.3, -0.25) is 4.79 Å². The number of aliphatic carboxylic acids is 1. The highest BCUT2D eigenvalue weighted by atomic mass is 35.5. The third kappa shape index (κ3) is 4.78. The van der Waals surface area contributed by atoms with Crippen LogP contribution >= 0.6 is 34.7 Å². The van der Waals surface area contributed by atoms with Gasteiger partial charge in [0.1, 0.15) is 5.75 Å². The second-order valence-electron chi connectivity index (χ2n) is 6.62. The molecule has 168 valence electrons. The van der Waals surface area contributed by atoms with Gasteiger partial charge in [0.25, 0.3) is 0 Å². The van der Waals surface area contributed by atoms with E-state index in [1.807, 2.05) is 0 Å². The van der Waals surface area contributed by atoms with Gasteiger partial charge in [0.2, 0.25) is 0 Å². The largest absolute Gasteiger partial charge is 0.495 e. The molecular weight excluding hydrogens is 485 g/mol. The van der Waals surface area contributed by atoms with Crippen LogP contribution in [0.25, 0.3) is 10.9 Å². The molecule has 2 heterocycles. The van der Waals surface area contributed by atoms with Crippen molar-refractivity contribution in [3.63, 3.8) is 0 Å². The van der Waals surface area contributed by atoms with E-state index in [1.165, 1.54) is 18.6 Å². The Bertz CT molecular complexity index is 1140. The molecule has 0 aliphatic rings. The number of halogens is 6. The number of fused-ring (bicyclic) bond motifs is 1. The van der Waals surface area contributed by atoms with E-state index in [0.29, 0.717) is 38.5 Å². The smallest absolute Gasteiger partial charge is 0.464 e. The number of rotatable bonds is 7. The van der Waals surface area contributed by atoms with Crippen molar-refractivity contribution >= 4 is 51.6 Å². The number of aromatic nitrogens is 1. The fourth-order valence-corrected chi connectivity index (χ4v) is 5.23. The first-order valence-electron chi connectivity index (χ1n) is 8.62. The number of carbonyl (C=O) groups is 1. The number of hydrogen-bond donors (Lipinski definition) is 1. The van der Waals surface area contributed by atoms with Crippen molar-refractivity contribution < 1.29 is 36.6 Å². The average Bonchev–Trinajstić information content (AvgIpc) is 3.17. The van der Waals surface area contributed by atoms with Crippen LogP contribution in [-0.4, -0.2) is 34.2 Å². The van der Waals surface area contributed by atoms with Crippen molar-refractivity contribution in [1.29, 1.82) is 0 Å². The van der Waals surface area contributed by atoms with Crippen molar-refractivity contribution in [3.05, 3.63) is 45.4 Å². The first-order valence-corrected chi connectivity index (χ1v) is 10.7. The molecule has 0 aliphatic carbocycles. The van der Waals surface area contributed by atoms with Crippen LogP contribution in [0.1, 0.15) is 16.8 Å². The lowest BCUT2D eigenvalue weighted by Gasteiger charge is -2.17. The normalized spacial score (nSPS) is 12.5. The fourth-order valence-electron chi connectivity index (χ4n) is 3.14. The third-order valence-electron chi connectivity index (χ3n) is 4.58. The molecule has 0 fully saturated rings. The summed E-state index contributed by atoms with van der Waals surface area (Å²) in [6, 6.07) is 4.49. The lowest BCUT2D eigenvalue weighted by Crippen LogP contribution is -2.32. The summed E-state index contributed by atoms with van der Waals surface area (Å²) in [5, 5.41) is 6.77. The van der Waals surface area contributed by atoms with Crippen LogP contribution in [0.15, 0.2) is 27.8 Å². The number of alkyl halides is 5. The first-order chi connectivity index (χ1) is 14.3. The van der Waals surface area contributed by atoms with Gasteiger partial charge in [-0.05, 0) is 53.4 Å². The molecule has 1 aromatic carbocycles. The van der Waals surface area contributed by atoms with Gasteiger partial charge in [0, 0.05) is 17.6 Å². The average molecular weight is 500 g/mol. The molecule has 12 heteroatoms. The molecule has 1 N–H and O–H groups in total. The Morgan fingerprint density at radius 1 is 1.26 bits per heavy atom. The number of carboxylic acid groups (broad SMARTS) is 1.